The fourth-order valence-electron chi connectivity index (χ4n) is 11.4. The molecule has 11 aromatic rings. The lowest BCUT2D eigenvalue weighted by Gasteiger charge is -2.25. The van der Waals surface area contributed by atoms with Crippen LogP contribution in [0, 0.1) is 0 Å². The van der Waals surface area contributed by atoms with Gasteiger partial charge in [0.1, 0.15) is 59.2 Å². The van der Waals surface area contributed by atoms with Crippen LogP contribution in [0.3, 0.4) is 0 Å². The van der Waals surface area contributed by atoms with Crippen molar-refractivity contribution in [2.75, 3.05) is 14.1 Å². The molecule has 6 N–H and O–H groups in total. The number of ether oxygens (including phenoxy) is 3. The molecule has 22 nitrogen and oxygen atoms in total. The molecule has 4 atom stereocenters. The van der Waals surface area contributed by atoms with E-state index in [9.17, 15) is 63.1 Å². The van der Waals surface area contributed by atoms with Gasteiger partial charge in [-0.2, -0.15) is 43.9 Å². The Morgan fingerprint density at radius 2 is 0.933 bits per heavy atom. The molecule has 119 heavy (non-hydrogen) atoms. The molecule has 4 unspecified atom stereocenters. The summed E-state index contributed by atoms with van der Waals surface area (Å²) in [7, 11) is 3.21. The number of alkyl halides is 10. The molecule has 35 heteroatoms. The number of alkyl carbamates (subject to hydrolysis) is 1. The second-order valence-corrected chi connectivity index (χ2v) is 31.5. The molecule has 0 aliphatic heterocycles. The quantitative estimate of drug-likeness (QED) is 0.0262. The van der Waals surface area contributed by atoms with Crippen LogP contribution in [0.2, 0.25) is 0 Å². The number of nitrogens with one attached hydrogen (secondary N) is 2. The Bertz CT molecular complexity index is 5060. The van der Waals surface area contributed by atoms with E-state index < -0.39 is 65.5 Å². The van der Waals surface area contributed by atoms with Gasteiger partial charge in [0, 0.05) is 90.5 Å². The number of halogens is 10. The number of benzene rings is 7. The van der Waals surface area contributed by atoms with Crippen molar-refractivity contribution in [3.05, 3.63) is 235 Å². The highest BCUT2D eigenvalue weighted by atomic mass is 32.1. The Morgan fingerprint density at radius 3 is 1.44 bits per heavy atom. The van der Waals surface area contributed by atoms with Crippen molar-refractivity contribution in [1.82, 2.24) is 61.2 Å². The van der Waals surface area contributed by atoms with Gasteiger partial charge < -0.3 is 50.5 Å². The highest BCUT2D eigenvalue weighted by Crippen LogP contribution is 2.42. The van der Waals surface area contributed by atoms with E-state index in [1.807, 2.05) is 131 Å². The number of hydrogen-bond acceptors (Lipinski definition) is 21. The van der Waals surface area contributed by atoms with E-state index in [-0.39, 0.29) is 63.7 Å². The van der Waals surface area contributed by atoms with Gasteiger partial charge in [-0.1, -0.05) is 188 Å². The number of unbranched alkanes of at least 4 members (excludes halogenated alkanes) is 2. The normalized spacial score (nSPS) is 12.7. The number of rotatable bonds is 28. The summed E-state index contributed by atoms with van der Waals surface area (Å²) in [6, 6.07) is 44.8. The van der Waals surface area contributed by atoms with E-state index in [4.69, 9.17) is 20.6 Å². The number of likely N-dealkylation sites (N-methyl/N-ethyl adjacent to an activating group) is 2. The maximum Gasteiger partial charge on any atom is 0.416 e. The molecular formula is C84H92F10N14O8S3. The summed E-state index contributed by atoms with van der Waals surface area (Å²) < 4.78 is 152. The molecule has 0 saturated carbocycles. The second kappa shape index (κ2) is 42.0. The highest BCUT2D eigenvalue weighted by molar-refractivity contribution is 7.15. The molecular weight excluding hydrogens is 1620 g/mol. The Balaban J connectivity index is 0.000000199. The molecule has 4 amide bonds. The van der Waals surface area contributed by atoms with Crippen LogP contribution in [0.25, 0.3) is 43.2 Å². The first-order valence-corrected chi connectivity index (χ1v) is 40.0. The molecule has 0 spiro atoms. The standard InChI is InChI=1S/C23H21F6N3OS.C22H24F2N4O3.C20H20F2N4O2S.C19H27N3O2S/c1-4-14-5-7-15(8-6-14)9-19(32(3)13(2)33)21-31-30-20(34-21)16-10-17(22(24,25)26)12-18(11-16)23(27,28)29;1-14(29)28(3)19(11-15-7-9-16(13-25)10-8-15)21-27-26-20(30-21)17-5-4-6-18(12-17)31-22(2,23)24;1-12(27)24-17(14-8-6-13(11-23)7-9-14)19-26-25-18(29-19)15-4-3-5-16(10-15)28-20(2,21)22;1-5-6-8-13-15(20-18(23)24-19(2,3)4)17-22-21-16(25-17)14-11-9-7-10-12-14/h5-8,10-12,19H,4,9H2,1-3H3;4-10,12,19H,11,13,25H2,1-3H3;3-10,17H,11,23H2,1-2H3,(H,24,27);7,9-12,15H,5-6,8,13H2,1-4H3,(H,20,23). The molecule has 4 heterocycles. The molecule has 0 radical (unpaired) electrons. The van der Waals surface area contributed by atoms with Crippen LogP contribution in [0.5, 0.6) is 11.5 Å². The summed E-state index contributed by atoms with van der Waals surface area (Å²) in [4.78, 5) is 50.9. The summed E-state index contributed by atoms with van der Waals surface area (Å²) in [5, 5.41) is 41.8. The molecule has 0 fully saturated rings. The Morgan fingerprint density at radius 1 is 0.479 bits per heavy atom. The average Bonchev–Trinajstić information content (AvgIpc) is 1.68. The zero-order valence-electron chi connectivity index (χ0n) is 67.2. The van der Waals surface area contributed by atoms with Crippen LogP contribution < -0.4 is 31.6 Å². The van der Waals surface area contributed by atoms with Gasteiger partial charge in [-0.05, 0) is 122 Å². The number of nitrogens with zero attached hydrogens (tertiary/aromatic N) is 10. The van der Waals surface area contributed by atoms with Gasteiger partial charge in [-0.25, -0.2) is 4.79 Å². The minimum atomic E-state index is -4.97. The minimum Gasteiger partial charge on any atom is -0.444 e. The third-order valence-corrected chi connectivity index (χ3v) is 20.8. The zero-order valence-corrected chi connectivity index (χ0v) is 69.7. The van der Waals surface area contributed by atoms with E-state index in [1.165, 1.54) is 77.5 Å². The SMILES string of the molecule is CC(=O)N(C)C(Cc1ccc(CN)cc1)c1nnc(-c2cccc(OC(C)(F)F)c2)o1.CC(=O)NC(c1ccc(CN)cc1)c1nnc(-c2cccc(OC(C)(F)F)c2)s1.CCCCCC(NC(=O)OC(C)(C)C)c1nnc(-c2ccccc2)s1.CCc1ccc(CC(c2nnc(-c3cc(C(F)(F)F)cc(C(F)(F)F)c3)s2)N(C)C(C)=O)cc1. The van der Waals surface area contributed by atoms with Crippen molar-refractivity contribution in [2.45, 2.75) is 182 Å². The first kappa shape index (κ1) is 93.4. The Hall–Kier alpha value is -11.1. The summed E-state index contributed by atoms with van der Waals surface area (Å²) in [5.74, 6) is -0.266. The van der Waals surface area contributed by atoms with Crippen LogP contribution in [0.15, 0.2) is 174 Å². The molecule has 11 rings (SSSR count). The summed E-state index contributed by atoms with van der Waals surface area (Å²) in [5.41, 5.74) is 15.4. The lowest BCUT2D eigenvalue weighted by atomic mass is 10.0. The number of carbonyl (C=O) groups excluding carboxylic acids is 4. The third-order valence-electron chi connectivity index (χ3n) is 17.6. The van der Waals surface area contributed by atoms with Crippen LogP contribution in [-0.2, 0) is 63.8 Å². The van der Waals surface area contributed by atoms with Crippen molar-refractivity contribution >= 4 is 57.8 Å². The lowest BCUT2D eigenvalue weighted by molar-refractivity contribution is -0.159. The van der Waals surface area contributed by atoms with Gasteiger partial charge in [0.25, 0.3) is 0 Å². The van der Waals surface area contributed by atoms with Crippen molar-refractivity contribution in [3.63, 3.8) is 0 Å². The van der Waals surface area contributed by atoms with Crippen LogP contribution in [0.4, 0.5) is 48.7 Å². The number of aryl methyl sites for hydroxylation is 1. The number of amides is 4. The lowest BCUT2D eigenvalue weighted by Crippen LogP contribution is -2.35. The van der Waals surface area contributed by atoms with Crippen molar-refractivity contribution in [3.8, 4) is 54.7 Å². The van der Waals surface area contributed by atoms with Gasteiger partial charge in [0.2, 0.25) is 29.5 Å². The molecule has 0 saturated heterocycles. The van der Waals surface area contributed by atoms with Gasteiger partial charge in [-0.3, -0.25) is 14.4 Å². The van der Waals surface area contributed by atoms with Gasteiger partial charge >= 0.3 is 30.7 Å². The van der Waals surface area contributed by atoms with E-state index in [2.05, 4.69) is 67.8 Å². The molecule has 634 valence electrons. The largest absolute Gasteiger partial charge is 0.444 e. The molecule has 4 aromatic heterocycles. The predicted molar refractivity (Wildman–Crippen MR) is 434 cm³/mol. The van der Waals surface area contributed by atoms with E-state index in [0.29, 0.717) is 78.1 Å². The summed E-state index contributed by atoms with van der Waals surface area (Å²) in [6.45, 7) is 16.2. The number of hydrogen-bond donors (Lipinski definition) is 4. The van der Waals surface area contributed by atoms with Crippen LogP contribution in [0.1, 0.15) is 185 Å². The smallest absolute Gasteiger partial charge is 0.416 e. The Kier molecular flexibility index (Phi) is 32.9. The fraction of sp³-hybridized carbons (Fsp3) is 0.357. The Labute approximate surface area is 694 Å². The van der Waals surface area contributed by atoms with Crippen molar-refractivity contribution in [1.29, 1.82) is 0 Å². The summed E-state index contributed by atoms with van der Waals surface area (Å²) >= 11 is 3.64. The second-order valence-electron chi connectivity index (χ2n) is 28.5. The molecule has 0 bridgehead atoms. The third kappa shape index (κ3) is 29.1. The first-order chi connectivity index (χ1) is 56.1. The van der Waals surface area contributed by atoms with Gasteiger partial charge in [-0.15, -0.1) is 40.8 Å². The van der Waals surface area contributed by atoms with Crippen LogP contribution >= 0.6 is 34.0 Å². The van der Waals surface area contributed by atoms with Crippen LogP contribution in [-0.4, -0.2) is 106 Å². The maximum absolute atomic E-state index is 13.2. The number of carbonyl (C=O) groups is 4. The average molecular weight is 1710 g/mol. The summed E-state index contributed by atoms with van der Waals surface area (Å²) in [6.07, 6.45) is -11.2. The monoisotopic (exact) mass is 1710 g/mol. The van der Waals surface area contributed by atoms with Crippen molar-refractivity contribution < 1.29 is 81.7 Å². The molecule has 0 aliphatic carbocycles. The predicted octanol–water partition coefficient (Wildman–Crippen LogP) is 19.7. The zero-order chi connectivity index (χ0) is 87.2. The fourth-order valence-corrected chi connectivity index (χ4v) is 14.2. The maximum atomic E-state index is 13.2. The first-order valence-electron chi connectivity index (χ1n) is 37.5. The number of aromatic nitrogens is 8. The highest BCUT2D eigenvalue weighted by Gasteiger charge is 2.38. The van der Waals surface area contributed by atoms with E-state index in [1.54, 1.807) is 38.4 Å². The molecule has 0 aliphatic rings. The number of nitrogens with two attached hydrogens (primary N) is 2. The van der Waals surface area contributed by atoms with E-state index in [0.717, 1.165) is 92.4 Å². The minimum absolute atomic E-state index is 0.0258. The van der Waals surface area contributed by atoms with E-state index >= 15 is 0 Å². The molecule has 7 aromatic carbocycles. The van der Waals surface area contributed by atoms with Crippen molar-refractivity contribution in [2.24, 2.45) is 11.5 Å². The van der Waals surface area contributed by atoms with Gasteiger partial charge in [0.15, 0.2) is 0 Å². The topological polar surface area (TPSA) is 295 Å². The van der Waals surface area contributed by atoms with Gasteiger partial charge in [0.05, 0.1) is 23.2 Å².